The van der Waals surface area contributed by atoms with E-state index in [-0.39, 0.29) is 5.69 Å². The molecule has 0 unspecified atom stereocenters. The smallest absolute Gasteiger partial charge is 0.354 e. The lowest BCUT2D eigenvalue weighted by Gasteiger charge is -2.05. The number of anilines is 1. The summed E-state index contributed by atoms with van der Waals surface area (Å²) in [4.78, 5) is 22.5. The summed E-state index contributed by atoms with van der Waals surface area (Å²) in [6.45, 7) is 2.42. The molecule has 2 rings (SSSR count). The Morgan fingerprint density at radius 3 is 2.78 bits per heavy atom. The number of pyridine rings is 1. The third-order valence-electron chi connectivity index (χ3n) is 2.32. The van der Waals surface area contributed by atoms with Crippen molar-refractivity contribution in [1.29, 1.82) is 0 Å². The average molecular weight is 244 g/mol. The van der Waals surface area contributed by atoms with Crippen LogP contribution in [0, 0.1) is 6.92 Å². The second-order valence-corrected chi connectivity index (χ2v) is 3.76. The van der Waals surface area contributed by atoms with Crippen molar-refractivity contribution in [2.45, 2.75) is 13.5 Å². The number of aromatic nitrogens is 3. The monoisotopic (exact) mass is 244 g/mol. The van der Waals surface area contributed by atoms with Crippen LogP contribution in [-0.4, -0.2) is 26.0 Å². The molecule has 6 heteroatoms. The van der Waals surface area contributed by atoms with E-state index in [1.165, 1.54) is 18.6 Å². The Labute approximate surface area is 104 Å². The first-order chi connectivity index (χ1) is 8.65. The number of hydrogen-bond donors (Lipinski definition) is 2. The number of carbonyl (C=O) groups is 1. The molecule has 92 valence electrons. The van der Waals surface area contributed by atoms with Crippen molar-refractivity contribution >= 4 is 11.8 Å². The van der Waals surface area contributed by atoms with Gasteiger partial charge in [0.25, 0.3) is 0 Å². The fraction of sp³-hybridized carbons (Fsp3) is 0.167. The van der Waals surface area contributed by atoms with Gasteiger partial charge in [0.1, 0.15) is 17.8 Å². The molecular weight excluding hydrogens is 232 g/mol. The van der Waals surface area contributed by atoms with Gasteiger partial charge < -0.3 is 10.4 Å². The molecule has 0 fully saturated rings. The quantitative estimate of drug-likeness (QED) is 0.847. The summed E-state index contributed by atoms with van der Waals surface area (Å²) in [5, 5.41) is 11.8. The van der Waals surface area contributed by atoms with Gasteiger partial charge in [0, 0.05) is 24.5 Å². The van der Waals surface area contributed by atoms with Crippen molar-refractivity contribution in [3.05, 3.63) is 47.7 Å². The van der Waals surface area contributed by atoms with E-state index in [0.717, 1.165) is 17.1 Å². The molecule has 0 spiro atoms. The molecular formula is C12H12N4O2. The lowest BCUT2D eigenvalue weighted by atomic mass is 10.2. The van der Waals surface area contributed by atoms with Gasteiger partial charge in [-0.1, -0.05) is 6.07 Å². The topological polar surface area (TPSA) is 88.0 Å². The van der Waals surface area contributed by atoms with Crippen LogP contribution in [0.5, 0.6) is 0 Å². The Bertz CT molecular complexity index is 554. The Morgan fingerprint density at radius 2 is 2.17 bits per heavy atom. The Balaban J connectivity index is 2.00. The predicted octanol–water partition coefficient (Wildman–Crippen LogP) is 1.49. The number of carboxylic acid groups (broad SMARTS) is 1. The molecule has 2 heterocycles. The first kappa shape index (κ1) is 12.0. The fourth-order valence-corrected chi connectivity index (χ4v) is 1.40. The van der Waals surface area contributed by atoms with Crippen molar-refractivity contribution in [2.75, 3.05) is 5.32 Å². The van der Waals surface area contributed by atoms with Crippen LogP contribution < -0.4 is 5.32 Å². The van der Waals surface area contributed by atoms with Crippen LogP contribution in [0.2, 0.25) is 0 Å². The van der Waals surface area contributed by atoms with Crippen LogP contribution in [0.3, 0.4) is 0 Å². The summed E-state index contributed by atoms with van der Waals surface area (Å²) in [5.74, 6) is -0.300. The van der Waals surface area contributed by atoms with E-state index in [4.69, 9.17) is 5.11 Å². The molecule has 0 saturated carbocycles. The lowest BCUT2D eigenvalue weighted by Crippen LogP contribution is -2.04. The SMILES string of the molecule is Cc1cc(NCc2ccc(C(=O)O)nc2)ncn1. The number of aryl methyl sites for hydroxylation is 1. The molecule has 2 aromatic heterocycles. The average Bonchev–Trinajstić information content (AvgIpc) is 2.37. The zero-order valence-electron chi connectivity index (χ0n) is 9.79. The van der Waals surface area contributed by atoms with Crippen LogP contribution in [0.4, 0.5) is 5.82 Å². The third-order valence-corrected chi connectivity index (χ3v) is 2.32. The second-order valence-electron chi connectivity index (χ2n) is 3.76. The fourth-order valence-electron chi connectivity index (χ4n) is 1.40. The number of nitrogens with one attached hydrogen (secondary N) is 1. The second kappa shape index (κ2) is 5.22. The van der Waals surface area contributed by atoms with Crippen molar-refractivity contribution in [3.8, 4) is 0 Å². The number of nitrogens with zero attached hydrogens (tertiary/aromatic N) is 3. The summed E-state index contributed by atoms with van der Waals surface area (Å²) in [6.07, 6.45) is 3.02. The van der Waals surface area contributed by atoms with Crippen LogP contribution in [0.1, 0.15) is 21.7 Å². The van der Waals surface area contributed by atoms with E-state index in [0.29, 0.717) is 6.54 Å². The predicted molar refractivity (Wildman–Crippen MR) is 65.3 cm³/mol. The number of aromatic carboxylic acids is 1. The summed E-state index contributed by atoms with van der Waals surface area (Å²) in [7, 11) is 0. The largest absolute Gasteiger partial charge is 0.477 e. The van der Waals surface area contributed by atoms with Crippen molar-refractivity contribution in [3.63, 3.8) is 0 Å². The Kier molecular flexibility index (Phi) is 3.47. The van der Waals surface area contributed by atoms with Crippen LogP contribution in [0.25, 0.3) is 0 Å². The van der Waals surface area contributed by atoms with Gasteiger partial charge in [0.2, 0.25) is 0 Å². The van der Waals surface area contributed by atoms with Crippen LogP contribution in [0.15, 0.2) is 30.7 Å². The van der Waals surface area contributed by atoms with Gasteiger partial charge >= 0.3 is 5.97 Å². The molecule has 0 radical (unpaired) electrons. The standard InChI is InChI=1S/C12H12N4O2/c1-8-4-11(16-7-15-8)14-6-9-2-3-10(12(17)18)13-5-9/h2-5,7H,6H2,1H3,(H,17,18)(H,14,15,16). The summed E-state index contributed by atoms with van der Waals surface area (Å²) >= 11 is 0. The summed E-state index contributed by atoms with van der Waals surface area (Å²) in [5.41, 5.74) is 1.81. The lowest BCUT2D eigenvalue weighted by molar-refractivity contribution is 0.0690. The molecule has 0 aromatic carbocycles. The maximum atomic E-state index is 10.6. The van der Waals surface area contributed by atoms with Gasteiger partial charge in [-0.15, -0.1) is 0 Å². The maximum Gasteiger partial charge on any atom is 0.354 e. The van der Waals surface area contributed by atoms with Crippen molar-refractivity contribution in [1.82, 2.24) is 15.0 Å². The number of rotatable bonds is 4. The molecule has 0 bridgehead atoms. The molecule has 2 aromatic rings. The molecule has 0 amide bonds. The number of hydrogen-bond acceptors (Lipinski definition) is 5. The maximum absolute atomic E-state index is 10.6. The van der Waals surface area contributed by atoms with Crippen LogP contribution in [-0.2, 0) is 6.54 Å². The molecule has 0 atom stereocenters. The minimum absolute atomic E-state index is 0.0385. The van der Waals surface area contributed by atoms with E-state index in [9.17, 15) is 4.79 Å². The third kappa shape index (κ3) is 3.00. The van der Waals surface area contributed by atoms with Gasteiger partial charge in [-0.05, 0) is 18.6 Å². The van der Waals surface area contributed by atoms with Crippen molar-refractivity contribution in [2.24, 2.45) is 0 Å². The zero-order chi connectivity index (χ0) is 13.0. The van der Waals surface area contributed by atoms with Crippen molar-refractivity contribution < 1.29 is 9.90 Å². The first-order valence-corrected chi connectivity index (χ1v) is 5.36. The highest BCUT2D eigenvalue weighted by molar-refractivity contribution is 5.85. The molecule has 2 N–H and O–H groups in total. The first-order valence-electron chi connectivity index (χ1n) is 5.36. The summed E-state index contributed by atoms with van der Waals surface area (Å²) < 4.78 is 0. The zero-order valence-corrected chi connectivity index (χ0v) is 9.79. The molecule has 0 aliphatic heterocycles. The van der Waals surface area contributed by atoms with Gasteiger partial charge in [-0.25, -0.2) is 19.7 Å². The highest BCUT2D eigenvalue weighted by Crippen LogP contribution is 2.06. The highest BCUT2D eigenvalue weighted by atomic mass is 16.4. The minimum atomic E-state index is -1.03. The Morgan fingerprint density at radius 1 is 1.33 bits per heavy atom. The summed E-state index contributed by atoms with van der Waals surface area (Å²) in [6, 6.07) is 5.03. The van der Waals surface area contributed by atoms with E-state index >= 15 is 0 Å². The minimum Gasteiger partial charge on any atom is -0.477 e. The molecule has 6 nitrogen and oxygen atoms in total. The number of carboxylic acids is 1. The van der Waals surface area contributed by atoms with Gasteiger partial charge in [0.15, 0.2) is 0 Å². The van der Waals surface area contributed by atoms with Gasteiger partial charge in [-0.3, -0.25) is 0 Å². The van der Waals surface area contributed by atoms with Crippen LogP contribution >= 0.6 is 0 Å². The van der Waals surface area contributed by atoms with Gasteiger partial charge in [0.05, 0.1) is 0 Å². The molecule has 18 heavy (non-hydrogen) atoms. The van der Waals surface area contributed by atoms with E-state index in [1.54, 1.807) is 6.07 Å². The highest BCUT2D eigenvalue weighted by Gasteiger charge is 2.03. The molecule has 0 saturated heterocycles. The normalized spacial score (nSPS) is 10.1. The van der Waals surface area contributed by atoms with E-state index in [2.05, 4.69) is 20.3 Å². The van der Waals surface area contributed by atoms with E-state index < -0.39 is 5.97 Å². The molecule has 0 aliphatic rings. The molecule has 0 aliphatic carbocycles. The van der Waals surface area contributed by atoms with Gasteiger partial charge in [-0.2, -0.15) is 0 Å². The van der Waals surface area contributed by atoms with E-state index in [1.807, 2.05) is 13.0 Å². The Hall–Kier alpha value is -2.50.